The Morgan fingerprint density at radius 3 is 2.62 bits per heavy atom. The zero-order chi connectivity index (χ0) is 22.1. The lowest BCUT2D eigenvalue weighted by Crippen LogP contribution is -2.11. The van der Waals surface area contributed by atoms with Crippen molar-refractivity contribution in [3.05, 3.63) is 93.8 Å². The Morgan fingerprint density at radius 2 is 1.78 bits per heavy atom. The molecule has 160 valence electrons. The Balaban J connectivity index is 1.23. The van der Waals surface area contributed by atoms with E-state index in [4.69, 9.17) is 18.6 Å². The zero-order valence-electron chi connectivity index (χ0n) is 17.2. The number of aryl methyl sites for hydroxylation is 1. The fourth-order valence-electron chi connectivity index (χ4n) is 3.49. The topological polar surface area (TPSA) is 87.0 Å². The van der Waals surface area contributed by atoms with Crippen LogP contribution in [-0.2, 0) is 6.61 Å². The van der Waals surface area contributed by atoms with E-state index in [1.807, 2.05) is 31.2 Å². The average molecular weight is 429 g/mol. The smallest absolute Gasteiger partial charge is 0.336 e. The Morgan fingerprint density at radius 1 is 0.969 bits per heavy atom. The summed E-state index contributed by atoms with van der Waals surface area (Å²) in [5, 5.41) is 3.72. The third-order valence-corrected chi connectivity index (χ3v) is 5.17. The van der Waals surface area contributed by atoms with E-state index in [9.17, 15) is 9.59 Å². The lowest BCUT2D eigenvalue weighted by atomic mass is 10.1. The van der Waals surface area contributed by atoms with Crippen molar-refractivity contribution in [3.63, 3.8) is 0 Å². The quantitative estimate of drug-likeness (QED) is 0.464. The molecule has 1 aliphatic heterocycles. The first-order valence-corrected chi connectivity index (χ1v) is 10.0. The monoisotopic (exact) mass is 429 g/mol. The van der Waals surface area contributed by atoms with Crippen LogP contribution in [0.5, 0.6) is 17.2 Å². The number of ether oxygens (including phenoxy) is 3. The minimum atomic E-state index is -0.387. The molecular formula is C25H19NO6. The van der Waals surface area contributed by atoms with Gasteiger partial charge in [-0.25, -0.2) is 4.79 Å². The number of carbonyl (C=O) groups excluding carboxylic acids is 1. The highest BCUT2D eigenvalue weighted by molar-refractivity contribution is 6.04. The minimum Gasteiger partial charge on any atom is -0.489 e. The van der Waals surface area contributed by atoms with Gasteiger partial charge in [0.2, 0.25) is 6.79 Å². The van der Waals surface area contributed by atoms with Crippen LogP contribution in [0.25, 0.3) is 11.0 Å². The highest BCUT2D eigenvalue weighted by Gasteiger charge is 2.14. The summed E-state index contributed by atoms with van der Waals surface area (Å²) < 4.78 is 21.7. The predicted octanol–water partition coefficient (Wildman–Crippen LogP) is 4.66. The van der Waals surface area contributed by atoms with E-state index in [2.05, 4.69) is 5.32 Å². The Kier molecular flexibility index (Phi) is 4.99. The molecule has 4 aromatic rings. The second-order valence-electron chi connectivity index (χ2n) is 7.41. The second-order valence-corrected chi connectivity index (χ2v) is 7.41. The van der Waals surface area contributed by atoms with E-state index in [0.717, 1.165) is 16.5 Å². The van der Waals surface area contributed by atoms with Gasteiger partial charge in [-0.3, -0.25) is 4.79 Å². The van der Waals surface area contributed by atoms with Crippen molar-refractivity contribution >= 4 is 22.6 Å². The van der Waals surface area contributed by atoms with Gasteiger partial charge in [-0.1, -0.05) is 12.1 Å². The van der Waals surface area contributed by atoms with E-state index in [0.29, 0.717) is 40.7 Å². The van der Waals surface area contributed by atoms with Crippen LogP contribution in [0.1, 0.15) is 21.5 Å². The molecule has 1 aromatic heterocycles. The second kappa shape index (κ2) is 8.11. The van der Waals surface area contributed by atoms with Crippen molar-refractivity contribution in [1.82, 2.24) is 0 Å². The number of nitrogens with one attached hydrogen (secondary N) is 1. The van der Waals surface area contributed by atoms with Gasteiger partial charge in [0.05, 0.1) is 0 Å². The molecule has 0 unspecified atom stereocenters. The molecule has 0 saturated heterocycles. The van der Waals surface area contributed by atoms with Crippen molar-refractivity contribution in [2.45, 2.75) is 13.5 Å². The molecule has 1 amide bonds. The molecule has 2 heterocycles. The summed E-state index contributed by atoms with van der Waals surface area (Å²) in [6.45, 7) is 2.36. The Hall–Kier alpha value is -4.26. The van der Waals surface area contributed by atoms with E-state index in [1.54, 1.807) is 36.4 Å². The first-order chi connectivity index (χ1) is 15.5. The molecule has 0 saturated carbocycles. The lowest BCUT2D eigenvalue weighted by molar-refractivity contribution is 0.102. The maximum absolute atomic E-state index is 12.5. The van der Waals surface area contributed by atoms with Crippen LogP contribution in [0.3, 0.4) is 0 Å². The van der Waals surface area contributed by atoms with Crippen molar-refractivity contribution in [3.8, 4) is 17.2 Å². The molecule has 3 aromatic carbocycles. The molecule has 1 N–H and O–H groups in total. The molecule has 5 rings (SSSR count). The third-order valence-electron chi connectivity index (χ3n) is 5.17. The number of fused-ring (bicyclic) bond motifs is 2. The van der Waals surface area contributed by atoms with Gasteiger partial charge in [-0.15, -0.1) is 0 Å². The van der Waals surface area contributed by atoms with Gasteiger partial charge in [0.25, 0.3) is 5.91 Å². The number of carbonyl (C=O) groups is 1. The summed E-state index contributed by atoms with van der Waals surface area (Å²) in [6, 6.07) is 19.3. The van der Waals surface area contributed by atoms with Gasteiger partial charge in [0.15, 0.2) is 11.5 Å². The molecule has 7 nitrogen and oxygen atoms in total. The number of benzene rings is 3. The van der Waals surface area contributed by atoms with Crippen LogP contribution in [0.2, 0.25) is 0 Å². The van der Waals surface area contributed by atoms with Crippen LogP contribution < -0.4 is 25.2 Å². The van der Waals surface area contributed by atoms with Gasteiger partial charge in [0.1, 0.15) is 17.9 Å². The van der Waals surface area contributed by atoms with Crippen LogP contribution in [-0.4, -0.2) is 12.7 Å². The first kappa shape index (κ1) is 19.7. The molecule has 0 bridgehead atoms. The van der Waals surface area contributed by atoms with Crippen LogP contribution in [0.4, 0.5) is 5.69 Å². The molecule has 32 heavy (non-hydrogen) atoms. The van der Waals surface area contributed by atoms with Gasteiger partial charge in [0, 0.05) is 34.8 Å². The van der Waals surface area contributed by atoms with Gasteiger partial charge in [-0.2, -0.15) is 0 Å². The van der Waals surface area contributed by atoms with E-state index in [-0.39, 0.29) is 18.3 Å². The number of rotatable bonds is 5. The zero-order valence-corrected chi connectivity index (χ0v) is 17.2. The van der Waals surface area contributed by atoms with E-state index >= 15 is 0 Å². The van der Waals surface area contributed by atoms with Gasteiger partial charge < -0.3 is 23.9 Å². The van der Waals surface area contributed by atoms with E-state index in [1.165, 1.54) is 6.07 Å². The molecule has 0 aliphatic carbocycles. The normalized spacial score (nSPS) is 12.0. The number of hydrogen-bond donors (Lipinski definition) is 1. The number of amides is 1. The van der Waals surface area contributed by atoms with E-state index < -0.39 is 0 Å². The van der Waals surface area contributed by atoms with Crippen molar-refractivity contribution < 1.29 is 23.4 Å². The molecule has 7 heteroatoms. The Labute approximate surface area is 183 Å². The summed E-state index contributed by atoms with van der Waals surface area (Å²) in [4.78, 5) is 24.1. The Bertz CT molecular complexity index is 1370. The summed E-state index contributed by atoms with van der Waals surface area (Å²) >= 11 is 0. The standard InChI is InChI=1S/C25H19NO6/c1-15-10-24(27)32-22-12-19(7-8-20(15)22)29-13-16-2-4-17(5-3-16)25(28)26-18-6-9-21-23(11-18)31-14-30-21/h2-12H,13-14H2,1H3,(H,26,28). The highest BCUT2D eigenvalue weighted by Crippen LogP contribution is 2.34. The summed E-state index contributed by atoms with van der Waals surface area (Å²) in [5.74, 6) is 1.64. The number of anilines is 1. The molecule has 0 radical (unpaired) electrons. The molecule has 0 atom stereocenters. The first-order valence-electron chi connectivity index (χ1n) is 10.0. The molecule has 0 fully saturated rings. The molecule has 1 aliphatic rings. The maximum Gasteiger partial charge on any atom is 0.336 e. The summed E-state index contributed by atoms with van der Waals surface area (Å²) in [5.41, 5.74) is 3.01. The summed E-state index contributed by atoms with van der Waals surface area (Å²) in [7, 11) is 0. The molecule has 0 spiro atoms. The minimum absolute atomic E-state index is 0.184. The van der Waals surface area contributed by atoms with Crippen molar-refractivity contribution in [2.24, 2.45) is 0 Å². The average Bonchev–Trinajstić information content (AvgIpc) is 3.25. The van der Waals surface area contributed by atoms with Crippen molar-refractivity contribution in [2.75, 3.05) is 12.1 Å². The lowest BCUT2D eigenvalue weighted by Gasteiger charge is -2.09. The SMILES string of the molecule is Cc1cc(=O)oc2cc(OCc3ccc(C(=O)Nc4ccc5c(c4)OCO5)cc3)ccc12. The summed E-state index contributed by atoms with van der Waals surface area (Å²) in [6.07, 6.45) is 0. The number of hydrogen-bond acceptors (Lipinski definition) is 6. The fraction of sp³-hybridized carbons (Fsp3) is 0.120. The molecular weight excluding hydrogens is 410 g/mol. The predicted molar refractivity (Wildman–Crippen MR) is 119 cm³/mol. The maximum atomic E-state index is 12.5. The van der Waals surface area contributed by atoms with Gasteiger partial charge in [-0.05, 0) is 54.4 Å². The fourth-order valence-corrected chi connectivity index (χ4v) is 3.49. The van der Waals surface area contributed by atoms with Crippen LogP contribution >= 0.6 is 0 Å². The van der Waals surface area contributed by atoms with Gasteiger partial charge >= 0.3 is 5.63 Å². The largest absolute Gasteiger partial charge is 0.489 e. The van der Waals surface area contributed by atoms with Crippen molar-refractivity contribution in [1.29, 1.82) is 0 Å². The van der Waals surface area contributed by atoms with Crippen LogP contribution in [0, 0.1) is 6.92 Å². The van der Waals surface area contributed by atoms with Crippen LogP contribution in [0.15, 0.2) is 75.9 Å². The third kappa shape index (κ3) is 4.00. The highest BCUT2D eigenvalue weighted by atomic mass is 16.7.